The number of carbonyl (C=O) groups is 1. The predicted octanol–water partition coefficient (Wildman–Crippen LogP) is 5.63. The normalized spacial score (nSPS) is 11.0. The molecule has 5 rings (SSSR count). The lowest BCUT2D eigenvalue weighted by molar-refractivity contribution is 0.0952. The van der Waals surface area contributed by atoms with Crippen LogP contribution in [0, 0.1) is 0 Å². The molecule has 7 heteroatoms. The van der Waals surface area contributed by atoms with E-state index in [2.05, 4.69) is 58.4 Å². The summed E-state index contributed by atoms with van der Waals surface area (Å²) in [6.07, 6.45) is 1.48. The number of methoxy groups -OCH3 is 3. The van der Waals surface area contributed by atoms with Crippen LogP contribution in [0.1, 0.15) is 28.2 Å². The Hall–Kier alpha value is -4.52. The number of aromatic nitrogens is 2. The van der Waals surface area contributed by atoms with Crippen LogP contribution in [0.15, 0.2) is 78.9 Å². The third kappa shape index (κ3) is 5.00. The van der Waals surface area contributed by atoms with Gasteiger partial charge in [0.1, 0.15) is 5.82 Å². The van der Waals surface area contributed by atoms with Gasteiger partial charge in [0.05, 0.1) is 32.4 Å². The maximum atomic E-state index is 12.9. The maximum absolute atomic E-state index is 12.9. The number of carbonyl (C=O) groups excluding carboxylic acids is 1. The second kappa shape index (κ2) is 11.3. The molecule has 1 aromatic heterocycles. The topological polar surface area (TPSA) is 74.6 Å². The first-order chi connectivity index (χ1) is 18.6. The van der Waals surface area contributed by atoms with Crippen molar-refractivity contribution in [2.45, 2.75) is 19.4 Å². The second-order valence-electron chi connectivity index (χ2n) is 9.01. The molecule has 0 unspecified atom stereocenters. The van der Waals surface area contributed by atoms with Gasteiger partial charge in [0.25, 0.3) is 5.91 Å². The zero-order chi connectivity index (χ0) is 26.5. The first-order valence-corrected chi connectivity index (χ1v) is 12.6. The predicted molar refractivity (Wildman–Crippen MR) is 150 cm³/mol. The summed E-state index contributed by atoms with van der Waals surface area (Å²) in [4.78, 5) is 17.8. The van der Waals surface area contributed by atoms with Crippen LogP contribution >= 0.6 is 0 Å². The van der Waals surface area contributed by atoms with Crippen molar-refractivity contribution >= 4 is 27.7 Å². The van der Waals surface area contributed by atoms with Crippen LogP contribution in [-0.2, 0) is 13.0 Å². The summed E-state index contributed by atoms with van der Waals surface area (Å²) in [5.74, 6) is 2.14. The number of benzene rings is 4. The number of ether oxygens (including phenoxy) is 3. The molecule has 0 aliphatic heterocycles. The van der Waals surface area contributed by atoms with E-state index in [1.807, 2.05) is 18.2 Å². The lowest BCUT2D eigenvalue weighted by Gasteiger charge is -2.14. The number of hydrogen-bond donors (Lipinski definition) is 1. The number of hydrogen-bond acceptors (Lipinski definition) is 5. The van der Waals surface area contributed by atoms with E-state index in [4.69, 9.17) is 19.2 Å². The number of rotatable bonds is 10. The highest BCUT2D eigenvalue weighted by atomic mass is 16.5. The molecule has 0 bridgehead atoms. The molecule has 7 nitrogen and oxygen atoms in total. The Morgan fingerprint density at radius 1 is 0.868 bits per heavy atom. The largest absolute Gasteiger partial charge is 0.493 e. The summed E-state index contributed by atoms with van der Waals surface area (Å²) in [5, 5.41) is 5.48. The van der Waals surface area contributed by atoms with Gasteiger partial charge in [-0.2, -0.15) is 0 Å². The van der Waals surface area contributed by atoms with E-state index in [0.717, 1.165) is 36.2 Å². The van der Waals surface area contributed by atoms with Crippen molar-refractivity contribution in [3.63, 3.8) is 0 Å². The molecule has 0 saturated carbocycles. The van der Waals surface area contributed by atoms with Gasteiger partial charge >= 0.3 is 0 Å². The number of fused-ring (bicyclic) bond motifs is 2. The Labute approximate surface area is 222 Å². The van der Waals surface area contributed by atoms with E-state index in [-0.39, 0.29) is 5.91 Å². The summed E-state index contributed by atoms with van der Waals surface area (Å²) in [7, 11) is 4.60. The molecule has 4 aromatic carbocycles. The van der Waals surface area contributed by atoms with Crippen molar-refractivity contribution < 1.29 is 19.0 Å². The fourth-order valence-corrected chi connectivity index (χ4v) is 4.86. The molecular weight excluding hydrogens is 478 g/mol. The Morgan fingerprint density at radius 2 is 1.58 bits per heavy atom. The van der Waals surface area contributed by atoms with Crippen molar-refractivity contribution in [2.75, 3.05) is 27.9 Å². The lowest BCUT2D eigenvalue weighted by Crippen LogP contribution is -2.25. The van der Waals surface area contributed by atoms with Gasteiger partial charge in [-0.3, -0.25) is 4.79 Å². The van der Waals surface area contributed by atoms with Crippen molar-refractivity contribution in [3.8, 4) is 17.2 Å². The monoisotopic (exact) mass is 509 g/mol. The number of para-hydroxylation sites is 2. The van der Waals surface area contributed by atoms with Crippen LogP contribution in [0.4, 0.5) is 0 Å². The average Bonchev–Trinajstić information content (AvgIpc) is 3.31. The van der Waals surface area contributed by atoms with Gasteiger partial charge in [0, 0.05) is 25.1 Å². The summed E-state index contributed by atoms with van der Waals surface area (Å²) in [6, 6.07) is 26.4. The van der Waals surface area contributed by atoms with Crippen molar-refractivity contribution in [1.82, 2.24) is 14.9 Å². The van der Waals surface area contributed by atoms with Crippen LogP contribution < -0.4 is 19.5 Å². The highest BCUT2D eigenvalue weighted by Gasteiger charge is 2.17. The third-order valence-electron chi connectivity index (χ3n) is 6.73. The Bertz CT molecular complexity index is 1560. The number of imidazole rings is 1. The molecule has 5 aromatic rings. The van der Waals surface area contributed by atoms with Crippen molar-refractivity contribution in [1.29, 1.82) is 0 Å². The smallest absolute Gasteiger partial charge is 0.251 e. The standard InChI is InChI=1S/C31H31N3O4/c1-36-27-18-23(19-28(37-2)30(27)38-3)31(35)32-17-9-16-29-33-25-14-6-7-15-26(25)34(29)20-22-12-8-11-21-10-4-5-13-24(21)22/h4-8,10-15,18-19H,9,16-17,20H2,1-3H3,(H,32,35). The van der Waals surface area contributed by atoms with Crippen LogP contribution in [0.2, 0.25) is 0 Å². The van der Waals surface area contributed by atoms with E-state index in [1.54, 1.807) is 12.1 Å². The van der Waals surface area contributed by atoms with Crippen molar-refractivity contribution in [2.24, 2.45) is 0 Å². The number of aryl methyl sites for hydroxylation is 1. The molecule has 0 atom stereocenters. The minimum absolute atomic E-state index is 0.200. The Kier molecular flexibility index (Phi) is 7.45. The Balaban J connectivity index is 1.31. The summed E-state index contributed by atoms with van der Waals surface area (Å²) in [6.45, 7) is 1.24. The van der Waals surface area contributed by atoms with E-state index in [0.29, 0.717) is 29.4 Å². The fourth-order valence-electron chi connectivity index (χ4n) is 4.86. The number of nitrogens with zero attached hydrogens (tertiary/aromatic N) is 2. The zero-order valence-corrected chi connectivity index (χ0v) is 21.9. The van der Waals surface area contributed by atoms with Gasteiger partial charge < -0.3 is 24.1 Å². The molecule has 1 N–H and O–H groups in total. The highest BCUT2D eigenvalue weighted by molar-refractivity contribution is 5.95. The van der Waals surface area contributed by atoms with E-state index < -0.39 is 0 Å². The molecule has 1 heterocycles. The Morgan fingerprint density at radius 3 is 2.34 bits per heavy atom. The minimum atomic E-state index is -0.200. The molecule has 0 aliphatic rings. The van der Waals surface area contributed by atoms with Gasteiger partial charge in [0.15, 0.2) is 11.5 Å². The van der Waals surface area contributed by atoms with E-state index in [9.17, 15) is 4.79 Å². The molecule has 0 spiro atoms. The van der Waals surface area contributed by atoms with Gasteiger partial charge in [-0.05, 0) is 47.0 Å². The van der Waals surface area contributed by atoms with Crippen LogP contribution in [-0.4, -0.2) is 43.3 Å². The maximum Gasteiger partial charge on any atom is 0.251 e. The SMILES string of the molecule is COc1cc(C(=O)NCCCc2nc3ccccc3n2Cc2cccc3ccccc23)cc(OC)c1OC. The number of nitrogens with one attached hydrogen (secondary N) is 1. The van der Waals surface area contributed by atoms with Crippen molar-refractivity contribution in [3.05, 3.63) is 95.8 Å². The quantitative estimate of drug-likeness (QED) is 0.247. The van der Waals surface area contributed by atoms with Gasteiger partial charge in [-0.15, -0.1) is 0 Å². The first kappa shape index (κ1) is 25.1. The van der Waals surface area contributed by atoms with E-state index >= 15 is 0 Å². The number of amides is 1. The van der Waals surface area contributed by atoms with E-state index in [1.165, 1.54) is 37.7 Å². The first-order valence-electron chi connectivity index (χ1n) is 12.6. The molecule has 0 radical (unpaired) electrons. The average molecular weight is 510 g/mol. The molecule has 38 heavy (non-hydrogen) atoms. The zero-order valence-electron chi connectivity index (χ0n) is 21.9. The molecule has 1 amide bonds. The van der Waals surface area contributed by atoms with Crippen LogP contribution in [0.25, 0.3) is 21.8 Å². The van der Waals surface area contributed by atoms with Gasteiger partial charge in [-0.25, -0.2) is 4.98 Å². The molecule has 0 aliphatic carbocycles. The second-order valence-corrected chi connectivity index (χ2v) is 9.01. The third-order valence-corrected chi connectivity index (χ3v) is 6.73. The molecule has 0 fully saturated rings. The lowest BCUT2D eigenvalue weighted by atomic mass is 10.0. The summed E-state index contributed by atoms with van der Waals surface area (Å²) in [5.41, 5.74) is 3.78. The molecular formula is C31H31N3O4. The molecule has 0 saturated heterocycles. The minimum Gasteiger partial charge on any atom is -0.493 e. The van der Waals surface area contributed by atoms with Crippen LogP contribution in [0.5, 0.6) is 17.2 Å². The highest BCUT2D eigenvalue weighted by Crippen LogP contribution is 2.38. The fraction of sp³-hybridized carbons (Fsp3) is 0.226. The van der Waals surface area contributed by atoms with Crippen LogP contribution in [0.3, 0.4) is 0 Å². The van der Waals surface area contributed by atoms with Gasteiger partial charge in [0.2, 0.25) is 5.75 Å². The summed E-state index contributed by atoms with van der Waals surface area (Å²) >= 11 is 0. The summed E-state index contributed by atoms with van der Waals surface area (Å²) < 4.78 is 18.4. The molecule has 194 valence electrons. The van der Waals surface area contributed by atoms with Gasteiger partial charge in [-0.1, -0.05) is 54.6 Å².